The Kier molecular flexibility index (Phi) is 6.46. The lowest BCUT2D eigenvalue weighted by Crippen LogP contribution is -2.17. The predicted molar refractivity (Wildman–Crippen MR) is 93.9 cm³/mol. The van der Waals surface area contributed by atoms with Gasteiger partial charge in [-0.25, -0.2) is 4.98 Å². The third-order valence-electron chi connectivity index (χ3n) is 3.42. The summed E-state index contributed by atoms with van der Waals surface area (Å²) in [6.07, 6.45) is 5.12. The highest BCUT2D eigenvalue weighted by Crippen LogP contribution is 2.14. The zero-order valence-electron chi connectivity index (χ0n) is 13.7. The normalized spacial score (nSPS) is 12.2. The molecule has 2 N–H and O–H groups in total. The summed E-state index contributed by atoms with van der Waals surface area (Å²) in [5.41, 5.74) is 2.07. The highest BCUT2D eigenvalue weighted by atomic mass is 32.1. The Morgan fingerprint density at radius 1 is 1.26 bits per heavy atom. The zero-order chi connectivity index (χ0) is 16.7. The Hall–Kier alpha value is -2.02. The van der Waals surface area contributed by atoms with Gasteiger partial charge >= 0.3 is 0 Å². The molecule has 0 saturated heterocycles. The monoisotopic (exact) mass is 333 g/mol. The van der Waals surface area contributed by atoms with Crippen molar-refractivity contribution in [1.29, 1.82) is 0 Å². The van der Waals surface area contributed by atoms with Crippen molar-refractivity contribution in [2.45, 2.75) is 46.1 Å². The summed E-state index contributed by atoms with van der Waals surface area (Å²) in [6, 6.07) is 3.95. The first-order valence-corrected chi connectivity index (χ1v) is 8.72. The van der Waals surface area contributed by atoms with Gasteiger partial charge in [0.25, 0.3) is 5.91 Å². The smallest absolute Gasteiger partial charge is 0.259 e. The number of carbonyl (C=O) groups excluding carboxylic acids is 1. The standard InChI is InChI=1S/C16H23N5OS/c1-11(2)5-4-6-12(3)19-14-8-7-13(9-17-14)15(22)20-16-21-18-10-23-16/h7-12H,4-6H2,1-3H3,(H,17,19)(H,20,21,22). The highest BCUT2D eigenvalue weighted by molar-refractivity contribution is 7.13. The van der Waals surface area contributed by atoms with E-state index in [1.807, 2.05) is 6.07 Å². The number of nitrogens with one attached hydrogen (secondary N) is 2. The van der Waals surface area contributed by atoms with E-state index in [1.165, 1.54) is 24.2 Å². The molecule has 23 heavy (non-hydrogen) atoms. The van der Waals surface area contributed by atoms with Gasteiger partial charge in [-0.05, 0) is 31.4 Å². The number of hydrogen-bond acceptors (Lipinski definition) is 6. The average Bonchev–Trinajstić information content (AvgIpc) is 3.00. The molecule has 0 saturated carbocycles. The molecule has 0 aromatic carbocycles. The molecule has 1 amide bonds. The Balaban J connectivity index is 1.83. The second kappa shape index (κ2) is 8.57. The molecule has 1 atom stereocenters. The van der Waals surface area contributed by atoms with Crippen LogP contribution in [0.3, 0.4) is 0 Å². The topological polar surface area (TPSA) is 79.8 Å². The van der Waals surface area contributed by atoms with Crippen LogP contribution in [0.5, 0.6) is 0 Å². The Labute approximate surface area is 140 Å². The summed E-state index contributed by atoms with van der Waals surface area (Å²) in [5, 5.41) is 14.0. The van der Waals surface area contributed by atoms with Crippen molar-refractivity contribution in [2.24, 2.45) is 5.92 Å². The molecular weight excluding hydrogens is 310 g/mol. The lowest BCUT2D eigenvalue weighted by atomic mass is 10.0. The van der Waals surface area contributed by atoms with E-state index < -0.39 is 0 Å². The third-order valence-corrected chi connectivity index (χ3v) is 4.03. The van der Waals surface area contributed by atoms with Gasteiger partial charge in [0.15, 0.2) is 0 Å². The minimum Gasteiger partial charge on any atom is -0.368 e. The second-order valence-electron chi connectivity index (χ2n) is 6.00. The van der Waals surface area contributed by atoms with Crippen molar-refractivity contribution in [3.05, 3.63) is 29.4 Å². The fourth-order valence-corrected chi connectivity index (χ4v) is 2.61. The number of amides is 1. The molecule has 6 nitrogen and oxygen atoms in total. The fourth-order valence-electron chi connectivity index (χ4n) is 2.17. The maximum atomic E-state index is 12.0. The van der Waals surface area contributed by atoms with Crippen molar-refractivity contribution in [3.8, 4) is 0 Å². The number of carbonyl (C=O) groups is 1. The van der Waals surface area contributed by atoms with E-state index >= 15 is 0 Å². The first-order chi connectivity index (χ1) is 11.0. The molecule has 0 aliphatic carbocycles. The average molecular weight is 333 g/mol. The molecule has 2 rings (SSSR count). The van der Waals surface area contributed by atoms with Crippen molar-refractivity contribution in [3.63, 3.8) is 0 Å². The van der Waals surface area contributed by atoms with E-state index in [0.29, 0.717) is 16.7 Å². The molecule has 0 fully saturated rings. The van der Waals surface area contributed by atoms with Crippen LogP contribution in [0.15, 0.2) is 23.8 Å². The maximum Gasteiger partial charge on any atom is 0.259 e. The Morgan fingerprint density at radius 2 is 2.09 bits per heavy atom. The molecule has 1 unspecified atom stereocenters. The van der Waals surface area contributed by atoms with Gasteiger partial charge < -0.3 is 5.32 Å². The van der Waals surface area contributed by atoms with Crippen LogP contribution in [-0.2, 0) is 0 Å². The summed E-state index contributed by atoms with van der Waals surface area (Å²) in [4.78, 5) is 16.3. The van der Waals surface area contributed by atoms with Gasteiger partial charge in [-0.2, -0.15) is 0 Å². The number of anilines is 2. The van der Waals surface area contributed by atoms with Gasteiger partial charge in [-0.3, -0.25) is 10.1 Å². The number of nitrogens with zero attached hydrogens (tertiary/aromatic N) is 3. The van der Waals surface area contributed by atoms with Crippen LogP contribution >= 0.6 is 11.3 Å². The van der Waals surface area contributed by atoms with E-state index in [4.69, 9.17) is 0 Å². The van der Waals surface area contributed by atoms with Crippen molar-refractivity contribution < 1.29 is 4.79 Å². The molecule has 0 aliphatic heterocycles. The van der Waals surface area contributed by atoms with Gasteiger partial charge in [-0.15, -0.1) is 10.2 Å². The van der Waals surface area contributed by atoms with E-state index in [0.717, 1.165) is 18.2 Å². The van der Waals surface area contributed by atoms with Crippen LogP contribution < -0.4 is 10.6 Å². The molecule has 0 bridgehead atoms. The largest absolute Gasteiger partial charge is 0.368 e. The van der Waals surface area contributed by atoms with Gasteiger partial charge in [0, 0.05) is 12.2 Å². The molecule has 2 heterocycles. The molecule has 2 aromatic rings. The summed E-state index contributed by atoms with van der Waals surface area (Å²) >= 11 is 1.28. The predicted octanol–water partition coefficient (Wildman–Crippen LogP) is 3.81. The number of rotatable bonds is 8. The first-order valence-electron chi connectivity index (χ1n) is 7.84. The van der Waals surface area contributed by atoms with Crippen LogP contribution in [0.1, 0.15) is 50.4 Å². The molecular formula is C16H23N5OS. The molecule has 0 radical (unpaired) electrons. The summed E-state index contributed by atoms with van der Waals surface area (Å²) < 4.78 is 0. The minimum absolute atomic E-state index is 0.231. The van der Waals surface area contributed by atoms with E-state index in [-0.39, 0.29) is 5.91 Å². The quantitative estimate of drug-likeness (QED) is 0.768. The summed E-state index contributed by atoms with van der Waals surface area (Å²) in [5.74, 6) is 1.30. The molecule has 0 aliphatic rings. The number of hydrogen-bond donors (Lipinski definition) is 2. The van der Waals surface area contributed by atoms with Crippen LogP contribution in [0.25, 0.3) is 0 Å². The van der Waals surface area contributed by atoms with Crippen LogP contribution in [0.2, 0.25) is 0 Å². The molecule has 0 spiro atoms. The number of aromatic nitrogens is 3. The fraction of sp³-hybridized carbons (Fsp3) is 0.500. The van der Waals surface area contributed by atoms with Crippen LogP contribution in [0, 0.1) is 5.92 Å². The molecule has 124 valence electrons. The SMILES string of the molecule is CC(C)CCCC(C)Nc1ccc(C(=O)Nc2nncs2)cn1. The summed E-state index contributed by atoms with van der Waals surface area (Å²) in [7, 11) is 0. The van der Waals surface area contributed by atoms with E-state index in [1.54, 1.807) is 17.8 Å². The molecule has 2 aromatic heterocycles. The minimum atomic E-state index is -0.231. The van der Waals surface area contributed by atoms with E-state index in [9.17, 15) is 4.79 Å². The second-order valence-corrected chi connectivity index (χ2v) is 6.83. The van der Waals surface area contributed by atoms with E-state index in [2.05, 4.69) is 46.6 Å². The van der Waals surface area contributed by atoms with Crippen LogP contribution in [-0.4, -0.2) is 27.1 Å². The van der Waals surface area contributed by atoms with Gasteiger partial charge in [0.1, 0.15) is 11.3 Å². The Morgan fingerprint density at radius 3 is 2.70 bits per heavy atom. The van der Waals surface area contributed by atoms with Crippen LogP contribution in [0.4, 0.5) is 10.9 Å². The van der Waals surface area contributed by atoms with Gasteiger partial charge in [0.2, 0.25) is 5.13 Å². The Bertz CT molecular complexity index is 597. The molecule has 7 heteroatoms. The van der Waals surface area contributed by atoms with Crippen molar-refractivity contribution in [1.82, 2.24) is 15.2 Å². The third kappa shape index (κ3) is 5.94. The van der Waals surface area contributed by atoms with Crippen molar-refractivity contribution in [2.75, 3.05) is 10.6 Å². The lowest BCUT2D eigenvalue weighted by Gasteiger charge is -2.15. The van der Waals surface area contributed by atoms with Gasteiger partial charge in [0.05, 0.1) is 5.56 Å². The van der Waals surface area contributed by atoms with Gasteiger partial charge in [-0.1, -0.05) is 38.0 Å². The zero-order valence-corrected chi connectivity index (χ0v) is 14.6. The number of pyridine rings is 1. The summed E-state index contributed by atoms with van der Waals surface area (Å²) in [6.45, 7) is 6.63. The first kappa shape index (κ1) is 17.3. The highest BCUT2D eigenvalue weighted by Gasteiger charge is 2.09. The van der Waals surface area contributed by atoms with Crippen molar-refractivity contribution >= 4 is 28.2 Å². The maximum absolute atomic E-state index is 12.0. The lowest BCUT2D eigenvalue weighted by molar-refractivity contribution is 0.102.